The van der Waals surface area contributed by atoms with Crippen molar-refractivity contribution in [1.82, 2.24) is 9.97 Å². The molecule has 26 heavy (non-hydrogen) atoms. The van der Waals surface area contributed by atoms with Crippen molar-refractivity contribution in [2.24, 2.45) is 0 Å². The number of benzene rings is 2. The monoisotopic (exact) mass is 352 g/mol. The van der Waals surface area contributed by atoms with Gasteiger partial charge in [0.1, 0.15) is 0 Å². The SMILES string of the molecule is Cc1ccccc1C(=O)Nc1cc2[nH]c(=O)[nH]c2cc1N1CCOCC1. The summed E-state index contributed by atoms with van der Waals surface area (Å²) in [4.78, 5) is 32.1. The van der Waals surface area contributed by atoms with Gasteiger partial charge < -0.3 is 24.9 Å². The highest BCUT2D eigenvalue weighted by molar-refractivity contribution is 6.08. The molecule has 3 aromatic rings. The number of aryl methyl sites for hydroxylation is 1. The van der Waals surface area contributed by atoms with E-state index in [9.17, 15) is 9.59 Å². The van der Waals surface area contributed by atoms with Crippen molar-refractivity contribution in [2.75, 3.05) is 36.5 Å². The van der Waals surface area contributed by atoms with Gasteiger partial charge in [-0.1, -0.05) is 18.2 Å². The number of anilines is 2. The number of hydrogen-bond acceptors (Lipinski definition) is 4. The number of ether oxygens (including phenoxy) is 1. The van der Waals surface area contributed by atoms with E-state index >= 15 is 0 Å². The summed E-state index contributed by atoms with van der Waals surface area (Å²) in [6.45, 7) is 4.63. The number of rotatable bonds is 3. The zero-order valence-corrected chi connectivity index (χ0v) is 14.5. The number of H-pyrrole nitrogens is 2. The summed E-state index contributed by atoms with van der Waals surface area (Å²) in [7, 11) is 0. The third kappa shape index (κ3) is 3.09. The second-order valence-corrected chi connectivity index (χ2v) is 6.36. The van der Waals surface area contributed by atoms with Crippen molar-refractivity contribution in [3.05, 3.63) is 58.0 Å². The lowest BCUT2D eigenvalue weighted by atomic mass is 10.1. The molecule has 1 saturated heterocycles. The number of imidazole rings is 1. The topological polar surface area (TPSA) is 90.2 Å². The quantitative estimate of drug-likeness (QED) is 0.674. The van der Waals surface area contributed by atoms with E-state index in [2.05, 4.69) is 20.2 Å². The van der Waals surface area contributed by atoms with Gasteiger partial charge in [0.05, 0.1) is 35.6 Å². The first-order valence-corrected chi connectivity index (χ1v) is 8.57. The molecule has 7 nitrogen and oxygen atoms in total. The molecule has 4 rings (SSSR count). The number of hydrogen-bond donors (Lipinski definition) is 3. The zero-order chi connectivity index (χ0) is 18.1. The molecule has 0 unspecified atom stereocenters. The molecule has 0 radical (unpaired) electrons. The first-order chi connectivity index (χ1) is 12.6. The summed E-state index contributed by atoms with van der Waals surface area (Å²) >= 11 is 0. The predicted octanol–water partition coefficient (Wildman–Crippen LogP) is 2.25. The molecule has 0 bridgehead atoms. The van der Waals surface area contributed by atoms with Crippen LogP contribution in [-0.4, -0.2) is 42.2 Å². The smallest absolute Gasteiger partial charge is 0.323 e. The van der Waals surface area contributed by atoms with Crippen LogP contribution in [-0.2, 0) is 4.74 Å². The molecule has 2 aromatic carbocycles. The van der Waals surface area contributed by atoms with Crippen LogP contribution in [0.5, 0.6) is 0 Å². The van der Waals surface area contributed by atoms with Gasteiger partial charge in [-0.25, -0.2) is 4.79 Å². The first kappa shape index (κ1) is 16.4. The van der Waals surface area contributed by atoms with Crippen molar-refractivity contribution in [1.29, 1.82) is 0 Å². The minimum Gasteiger partial charge on any atom is -0.378 e. The van der Waals surface area contributed by atoms with E-state index in [-0.39, 0.29) is 11.6 Å². The number of morpholine rings is 1. The van der Waals surface area contributed by atoms with Gasteiger partial charge >= 0.3 is 5.69 Å². The first-order valence-electron chi connectivity index (χ1n) is 8.57. The number of carbonyl (C=O) groups excluding carboxylic acids is 1. The van der Waals surface area contributed by atoms with E-state index < -0.39 is 0 Å². The third-order valence-electron chi connectivity index (χ3n) is 4.62. The summed E-state index contributed by atoms with van der Waals surface area (Å²) in [6.07, 6.45) is 0. The Hall–Kier alpha value is -3.06. The number of nitrogens with one attached hydrogen (secondary N) is 3. The van der Waals surface area contributed by atoms with Crippen molar-refractivity contribution >= 4 is 28.3 Å². The highest BCUT2D eigenvalue weighted by atomic mass is 16.5. The lowest BCUT2D eigenvalue weighted by Gasteiger charge is -2.30. The molecular weight excluding hydrogens is 332 g/mol. The maximum atomic E-state index is 12.8. The Labute approximate surface area is 150 Å². The average molecular weight is 352 g/mol. The zero-order valence-electron chi connectivity index (χ0n) is 14.5. The van der Waals surface area contributed by atoms with E-state index in [1.54, 1.807) is 12.1 Å². The van der Waals surface area contributed by atoms with Crippen LogP contribution in [0.1, 0.15) is 15.9 Å². The van der Waals surface area contributed by atoms with E-state index in [4.69, 9.17) is 4.74 Å². The molecule has 1 aliphatic rings. The molecule has 134 valence electrons. The van der Waals surface area contributed by atoms with Gasteiger partial charge in [0.2, 0.25) is 0 Å². The Morgan fingerprint density at radius 3 is 2.54 bits per heavy atom. The molecule has 1 amide bonds. The van der Waals surface area contributed by atoms with Crippen LogP contribution in [0.3, 0.4) is 0 Å². The van der Waals surface area contributed by atoms with E-state index in [1.165, 1.54) is 0 Å². The molecule has 0 atom stereocenters. The summed E-state index contributed by atoms with van der Waals surface area (Å²) in [5, 5.41) is 3.01. The Morgan fingerprint density at radius 2 is 1.81 bits per heavy atom. The Kier molecular flexibility index (Phi) is 4.22. The van der Waals surface area contributed by atoms with Crippen molar-refractivity contribution < 1.29 is 9.53 Å². The third-order valence-corrected chi connectivity index (χ3v) is 4.62. The van der Waals surface area contributed by atoms with Crippen LogP contribution in [0.25, 0.3) is 11.0 Å². The minimum atomic E-state index is -0.268. The fraction of sp³-hybridized carbons (Fsp3) is 0.263. The largest absolute Gasteiger partial charge is 0.378 e. The summed E-state index contributed by atoms with van der Waals surface area (Å²) < 4.78 is 5.43. The number of nitrogens with zero attached hydrogens (tertiary/aromatic N) is 1. The number of fused-ring (bicyclic) bond motifs is 1. The van der Waals surface area contributed by atoms with Gasteiger partial charge in [-0.15, -0.1) is 0 Å². The summed E-state index contributed by atoms with van der Waals surface area (Å²) in [6, 6.07) is 11.2. The highest BCUT2D eigenvalue weighted by Crippen LogP contribution is 2.31. The number of aromatic nitrogens is 2. The average Bonchev–Trinajstić information content (AvgIpc) is 3.01. The van der Waals surface area contributed by atoms with Crippen LogP contribution in [0, 0.1) is 6.92 Å². The van der Waals surface area contributed by atoms with Gasteiger partial charge in [0.25, 0.3) is 5.91 Å². The normalized spacial score (nSPS) is 14.6. The molecule has 1 fully saturated rings. The molecule has 3 N–H and O–H groups in total. The van der Waals surface area contributed by atoms with Crippen LogP contribution < -0.4 is 15.9 Å². The maximum absolute atomic E-state index is 12.8. The van der Waals surface area contributed by atoms with E-state index in [0.717, 1.165) is 24.3 Å². The molecule has 2 heterocycles. The van der Waals surface area contributed by atoms with Crippen molar-refractivity contribution in [3.8, 4) is 0 Å². The molecule has 1 aromatic heterocycles. The lowest BCUT2D eigenvalue weighted by Crippen LogP contribution is -2.36. The lowest BCUT2D eigenvalue weighted by molar-refractivity contribution is 0.102. The standard InChI is InChI=1S/C19H20N4O3/c1-12-4-2-3-5-13(12)18(24)20-16-10-14-15(22-19(25)21-14)11-17(16)23-6-8-26-9-7-23/h2-5,10-11H,6-9H2,1H3,(H,20,24)(H2,21,22,25). The van der Waals surface area contributed by atoms with Crippen LogP contribution in [0.15, 0.2) is 41.2 Å². The van der Waals surface area contributed by atoms with Gasteiger partial charge in [0, 0.05) is 18.7 Å². The predicted molar refractivity (Wildman–Crippen MR) is 101 cm³/mol. The molecule has 7 heteroatoms. The second kappa shape index (κ2) is 6.68. The summed E-state index contributed by atoms with van der Waals surface area (Å²) in [5.74, 6) is -0.171. The van der Waals surface area contributed by atoms with Gasteiger partial charge in [0.15, 0.2) is 0 Å². The molecular formula is C19H20N4O3. The van der Waals surface area contributed by atoms with E-state index in [1.807, 2.05) is 31.2 Å². The van der Waals surface area contributed by atoms with Crippen molar-refractivity contribution in [3.63, 3.8) is 0 Å². The molecule has 0 saturated carbocycles. The highest BCUT2D eigenvalue weighted by Gasteiger charge is 2.19. The molecule has 0 spiro atoms. The Bertz CT molecular complexity index is 1020. The Balaban J connectivity index is 1.75. The molecule has 1 aliphatic heterocycles. The number of aromatic amines is 2. The van der Waals surface area contributed by atoms with Crippen LogP contribution in [0.4, 0.5) is 11.4 Å². The van der Waals surface area contributed by atoms with Gasteiger partial charge in [-0.2, -0.15) is 0 Å². The molecule has 0 aliphatic carbocycles. The number of carbonyl (C=O) groups is 1. The van der Waals surface area contributed by atoms with Gasteiger partial charge in [-0.05, 0) is 30.7 Å². The minimum absolute atomic E-state index is 0.171. The summed E-state index contributed by atoms with van der Waals surface area (Å²) in [5.41, 5.74) is 4.19. The van der Waals surface area contributed by atoms with Crippen LogP contribution in [0.2, 0.25) is 0 Å². The number of amides is 1. The second-order valence-electron chi connectivity index (χ2n) is 6.36. The maximum Gasteiger partial charge on any atom is 0.323 e. The fourth-order valence-electron chi connectivity index (χ4n) is 3.25. The fourth-order valence-corrected chi connectivity index (χ4v) is 3.25. The van der Waals surface area contributed by atoms with Gasteiger partial charge in [-0.3, -0.25) is 4.79 Å². The van der Waals surface area contributed by atoms with Crippen molar-refractivity contribution in [2.45, 2.75) is 6.92 Å². The Morgan fingerprint density at radius 1 is 1.12 bits per heavy atom. The van der Waals surface area contributed by atoms with E-state index in [0.29, 0.717) is 35.5 Å². The van der Waals surface area contributed by atoms with Crippen LogP contribution >= 0.6 is 0 Å².